The van der Waals surface area contributed by atoms with Gasteiger partial charge in [0.05, 0.1) is 24.2 Å². The maximum atomic E-state index is 9.94. The highest BCUT2D eigenvalue weighted by molar-refractivity contribution is 6.06. The Labute approximate surface area is 200 Å². The van der Waals surface area contributed by atoms with Gasteiger partial charge in [-0.05, 0) is 37.9 Å². The number of imidazole rings is 1. The Morgan fingerprint density at radius 2 is 1.94 bits per heavy atom. The molecule has 9 heteroatoms. The summed E-state index contributed by atoms with van der Waals surface area (Å²) in [5, 5.41) is 24.2. The van der Waals surface area contributed by atoms with Crippen LogP contribution in [-0.2, 0) is 24.3 Å². The quantitative estimate of drug-likeness (QED) is 0.333. The van der Waals surface area contributed by atoms with Crippen LogP contribution in [0.4, 0.5) is 5.82 Å². The first-order chi connectivity index (χ1) is 16.5. The summed E-state index contributed by atoms with van der Waals surface area (Å²) in [6.45, 7) is 10.2. The van der Waals surface area contributed by atoms with E-state index in [0.717, 1.165) is 62.0 Å². The summed E-state index contributed by atoms with van der Waals surface area (Å²) >= 11 is 0. The number of nitrogen functional groups attached to an aromatic ring is 1. The average molecular weight is 471 g/mol. The summed E-state index contributed by atoms with van der Waals surface area (Å²) in [7, 11) is 0. The molecule has 1 aromatic carbocycles. The van der Waals surface area contributed by atoms with Gasteiger partial charge in [0.2, 0.25) is 0 Å². The van der Waals surface area contributed by atoms with Crippen molar-refractivity contribution < 1.29 is 14.9 Å². The molecule has 34 heavy (non-hydrogen) atoms. The number of fused-ring (bicyclic) bond motifs is 3. The molecule has 1 aliphatic heterocycles. The third-order valence-electron chi connectivity index (χ3n) is 6.74. The number of hydrogen-bond donors (Lipinski definition) is 4. The molecular weight excluding hydrogens is 432 g/mol. The summed E-state index contributed by atoms with van der Waals surface area (Å²) in [5.41, 5.74) is 9.25. The van der Waals surface area contributed by atoms with E-state index in [0.29, 0.717) is 36.9 Å². The second kappa shape index (κ2) is 11.0. The molecule has 0 saturated carbocycles. The van der Waals surface area contributed by atoms with Crippen LogP contribution in [0.15, 0.2) is 18.2 Å². The van der Waals surface area contributed by atoms with Crippen molar-refractivity contribution in [2.45, 2.75) is 39.8 Å². The Bertz CT molecular complexity index is 1110. The van der Waals surface area contributed by atoms with Gasteiger partial charge in [-0.15, -0.1) is 0 Å². The van der Waals surface area contributed by atoms with Crippen LogP contribution >= 0.6 is 0 Å². The van der Waals surface area contributed by atoms with E-state index in [-0.39, 0.29) is 13.2 Å². The number of aryl methyl sites for hydroxylation is 1. The number of rotatable bonds is 11. The molecule has 0 bridgehead atoms. The number of nitrogens with two attached hydrogens (primary N) is 1. The Morgan fingerprint density at radius 1 is 1.18 bits per heavy atom. The fourth-order valence-corrected chi connectivity index (χ4v) is 4.61. The van der Waals surface area contributed by atoms with Crippen LogP contribution in [0.1, 0.15) is 31.7 Å². The zero-order valence-electron chi connectivity index (χ0n) is 20.4. The molecular formula is C25H38N6O3. The molecule has 3 aromatic rings. The predicted molar refractivity (Wildman–Crippen MR) is 135 cm³/mol. The summed E-state index contributed by atoms with van der Waals surface area (Å²) in [5.74, 6) is 1.10. The highest BCUT2D eigenvalue weighted by atomic mass is 16.5. The normalized spacial score (nSPS) is 15.5. The molecule has 0 amide bonds. The molecule has 1 aliphatic rings. The van der Waals surface area contributed by atoms with Crippen molar-refractivity contribution in [2.24, 2.45) is 5.41 Å². The Hall–Kier alpha value is -2.30. The first-order valence-corrected chi connectivity index (χ1v) is 12.3. The molecule has 2 aromatic heterocycles. The molecule has 4 rings (SSSR count). The predicted octanol–water partition coefficient (Wildman–Crippen LogP) is 1.53. The number of anilines is 1. The van der Waals surface area contributed by atoms with Crippen LogP contribution in [0.3, 0.4) is 0 Å². The van der Waals surface area contributed by atoms with Gasteiger partial charge in [-0.2, -0.15) is 0 Å². The molecule has 0 unspecified atom stereocenters. The van der Waals surface area contributed by atoms with Crippen molar-refractivity contribution in [3.05, 3.63) is 29.6 Å². The van der Waals surface area contributed by atoms with E-state index in [9.17, 15) is 10.2 Å². The second-order valence-electron chi connectivity index (χ2n) is 9.62. The number of aliphatic hydroxyl groups excluding tert-OH is 2. The van der Waals surface area contributed by atoms with Crippen LogP contribution < -0.4 is 11.1 Å². The zero-order valence-corrected chi connectivity index (χ0v) is 20.4. The van der Waals surface area contributed by atoms with E-state index in [1.165, 1.54) is 5.56 Å². The standard InChI is InChI=1S/C25H38N6O3/c1-3-34-14-21-29-22-23(31(21)15-25(2,16-32)17-33)19-7-6-18(13-20(19)28-24(22)26)5-4-10-30-11-8-27-9-12-30/h6-7,13,27,32-33H,3-5,8-12,14-17H2,1-2H3,(H2,26,28). The molecule has 0 spiro atoms. The first kappa shape index (κ1) is 24.8. The molecule has 0 atom stereocenters. The number of ether oxygens (including phenoxy) is 1. The third-order valence-corrected chi connectivity index (χ3v) is 6.74. The number of aromatic nitrogens is 3. The van der Waals surface area contributed by atoms with Gasteiger partial charge in [0.1, 0.15) is 17.9 Å². The first-order valence-electron chi connectivity index (χ1n) is 12.3. The van der Waals surface area contributed by atoms with Gasteiger partial charge in [0, 0.05) is 50.1 Å². The number of pyridine rings is 1. The molecule has 5 N–H and O–H groups in total. The fourth-order valence-electron chi connectivity index (χ4n) is 4.61. The van der Waals surface area contributed by atoms with Crippen LogP contribution in [0.5, 0.6) is 0 Å². The lowest BCUT2D eigenvalue weighted by Crippen LogP contribution is -2.43. The molecule has 1 fully saturated rings. The minimum absolute atomic E-state index is 0.146. The van der Waals surface area contributed by atoms with Crippen molar-refractivity contribution in [1.29, 1.82) is 0 Å². The van der Waals surface area contributed by atoms with Crippen LogP contribution in [0.25, 0.3) is 21.9 Å². The monoisotopic (exact) mass is 470 g/mol. The number of hydrogen-bond acceptors (Lipinski definition) is 8. The van der Waals surface area contributed by atoms with Gasteiger partial charge >= 0.3 is 0 Å². The van der Waals surface area contributed by atoms with Crippen molar-refractivity contribution in [1.82, 2.24) is 24.8 Å². The smallest absolute Gasteiger partial charge is 0.152 e. The maximum Gasteiger partial charge on any atom is 0.152 e. The number of piperazine rings is 1. The minimum atomic E-state index is -0.705. The summed E-state index contributed by atoms with van der Waals surface area (Å²) in [4.78, 5) is 11.9. The molecule has 1 saturated heterocycles. The summed E-state index contributed by atoms with van der Waals surface area (Å²) < 4.78 is 7.69. The van der Waals surface area contributed by atoms with Crippen LogP contribution in [0, 0.1) is 5.41 Å². The van der Waals surface area contributed by atoms with Gasteiger partial charge < -0.3 is 35.5 Å². The van der Waals surface area contributed by atoms with E-state index in [1.54, 1.807) is 0 Å². The summed E-state index contributed by atoms with van der Waals surface area (Å²) in [6, 6.07) is 6.39. The topological polar surface area (TPSA) is 122 Å². The number of benzene rings is 1. The van der Waals surface area contributed by atoms with Crippen LogP contribution in [0.2, 0.25) is 0 Å². The molecule has 3 heterocycles. The van der Waals surface area contributed by atoms with Crippen molar-refractivity contribution in [3.8, 4) is 0 Å². The Morgan fingerprint density at radius 3 is 2.65 bits per heavy atom. The maximum absolute atomic E-state index is 9.94. The third kappa shape index (κ3) is 5.34. The van der Waals surface area contributed by atoms with E-state index in [4.69, 9.17) is 15.5 Å². The van der Waals surface area contributed by atoms with E-state index in [2.05, 4.69) is 33.4 Å². The second-order valence-corrected chi connectivity index (χ2v) is 9.62. The Kier molecular flexibility index (Phi) is 8.00. The Balaban J connectivity index is 1.68. The van der Waals surface area contributed by atoms with Gasteiger partial charge in [0.25, 0.3) is 0 Å². The molecule has 9 nitrogen and oxygen atoms in total. The lowest BCUT2D eigenvalue weighted by atomic mass is 9.92. The van der Waals surface area contributed by atoms with Crippen molar-refractivity contribution in [3.63, 3.8) is 0 Å². The van der Waals surface area contributed by atoms with E-state index in [1.807, 2.05) is 18.4 Å². The van der Waals surface area contributed by atoms with Gasteiger partial charge in [0.15, 0.2) is 5.82 Å². The van der Waals surface area contributed by atoms with Gasteiger partial charge in [-0.1, -0.05) is 19.1 Å². The zero-order chi connectivity index (χ0) is 24.1. The van der Waals surface area contributed by atoms with Gasteiger partial charge in [-0.3, -0.25) is 0 Å². The lowest BCUT2D eigenvalue weighted by Gasteiger charge is -2.27. The highest BCUT2D eigenvalue weighted by Gasteiger charge is 2.27. The van der Waals surface area contributed by atoms with E-state index >= 15 is 0 Å². The molecule has 0 radical (unpaired) electrons. The minimum Gasteiger partial charge on any atom is -0.396 e. The SMILES string of the molecule is CCOCc1nc2c(N)nc3cc(CCCN4CCNCC4)ccc3c2n1CC(C)(CO)CO. The lowest BCUT2D eigenvalue weighted by molar-refractivity contribution is 0.0530. The van der Waals surface area contributed by atoms with Gasteiger partial charge in [-0.25, -0.2) is 9.97 Å². The van der Waals surface area contributed by atoms with Crippen LogP contribution in [-0.4, -0.2) is 82.2 Å². The van der Waals surface area contributed by atoms with Crippen molar-refractivity contribution >= 4 is 27.8 Å². The van der Waals surface area contributed by atoms with Crippen molar-refractivity contribution in [2.75, 3.05) is 58.3 Å². The van der Waals surface area contributed by atoms with E-state index < -0.39 is 5.41 Å². The number of nitrogens with zero attached hydrogens (tertiary/aromatic N) is 4. The number of aliphatic hydroxyl groups is 2. The number of nitrogens with one attached hydrogen (secondary N) is 1. The summed E-state index contributed by atoms with van der Waals surface area (Å²) in [6.07, 6.45) is 2.09. The average Bonchev–Trinajstić information content (AvgIpc) is 3.21. The fraction of sp³-hybridized carbons (Fsp3) is 0.600. The molecule has 0 aliphatic carbocycles. The molecule has 186 valence electrons. The largest absolute Gasteiger partial charge is 0.396 e. The highest BCUT2D eigenvalue weighted by Crippen LogP contribution is 2.32.